The summed E-state index contributed by atoms with van der Waals surface area (Å²) < 4.78 is 0. The van der Waals surface area contributed by atoms with Gasteiger partial charge in [-0.05, 0) is 65.5 Å². The molecule has 29 heavy (non-hydrogen) atoms. The molecule has 3 atom stereocenters. The van der Waals surface area contributed by atoms with E-state index in [0.29, 0.717) is 12.1 Å². The van der Waals surface area contributed by atoms with Crippen LogP contribution in [0.25, 0.3) is 0 Å². The highest BCUT2D eigenvalue weighted by atomic mass is 15.0. The molecule has 158 valence electrons. The number of hydrogen-bond donors (Lipinski definition) is 3. The molecule has 1 unspecified atom stereocenters. The highest BCUT2D eigenvalue weighted by Crippen LogP contribution is 2.28. The quantitative estimate of drug-likeness (QED) is 0.592. The van der Waals surface area contributed by atoms with Crippen LogP contribution in [0, 0.1) is 0 Å². The summed E-state index contributed by atoms with van der Waals surface area (Å²) in [6, 6.07) is 18.8. The lowest BCUT2D eigenvalue weighted by Gasteiger charge is -2.35. The SMILES string of the molecule is CC(C)(C)c1ccc(N[C@@H]2CC(N)C[C@H](Nc3ccc(C(C)(C)C)cc3)C2)cc1. The molecule has 0 aliphatic heterocycles. The lowest BCUT2D eigenvalue weighted by molar-refractivity contribution is 0.381. The number of benzene rings is 2. The van der Waals surface area contributed by atoms with Crippen LogP contribution in [0.5, 0.6) is 0 Å². The van der Waals surface area contributed by atoms with Crippen LogP contribution in [-0.2, 0) is 10.8 Å². The van der Waals surface area contributed by atoms with Crippen molar-refractivity contribution in [1.29, 1.82) is 0 Å². The van der Waals surface area contributed by atoms with Crippen LogP contribution in [0.2, 0.25) is 0 Å². The summed E-state index contributed by atoms with van der Waals surface area (Å²) >= 11 is 0. The molecule has 0 amide bonds. The molecule has 1 aliphatic carbocycles. The van der Waals surface area contributed by atoms with Crippen LogP contribution in [-0.4, -0.2) is 18.1 Å². The van der Waals surface area contributed by atoms with Gasteiger partial charge in [-0.1, -0.05) is 65.8 Å². The van der Waals surface area contributed by atoms with E-state index in [9.17, 15) is 0 Å². The van der Waals surface area contributed by atoms with Crippen LogP contribution >= 0.6 is 0 Å². The van der Waals surface area contributed by atoms with Gasteiger partial charge in [0.25, 0.3) is 0 Å². The lowest BCUT2D eigenvalue weighted by atomic mass is 9.86. The van der Waals surface area contributed by atoms with E-state index in [0.717, 1.165) is 19.3 Å². The third-order valence-electron chi connectivity index (χ3n) is 5.99. The Labute approximate surface area is 177 Å². The summed E-state index contributed by atoms with van der Waals surface area (Å²) in [5, 5.41) is 7.43. The van der Waals surface area contributed by atoms with E-state index >= 15 is 0 Å². The Morgan fingerprint density at radius 1 is 0.621 bits per heavy atom. The van der Waals surface area contributed by atoms with Crippen LogP contribution < -0.4 is 16.4 Å². The van der Waals surface area contributed by atoms with Crippen molar-refractivity contribution in [2.75, 3.05) is 10.6 Å². The predicted octanol–water partition coefficient (Wildman–Crippen LogP) is 6.05. The number of rotatable bonds is 4. The van der Waals surface area contributed by atoms with Gasteiger partial charge in [0.15, 0.2) is 0 Å². The van der Waals surface area contributed by atoms with Crippen molar-refractivity contribution in [2.24, 2.45) is 5.73 Å². The Balaban J connectivity index is 1.61. The van der Waals surface area contributed by atoms with Crippen molar-refractivity contribution in [2.45, 2.75) is 89.8 Å². The maximum atomic E-state index is 6.41. The van der Waals surface area contributed by atoms with Crippen molar-refractivity contribution >= 4 is 11.4 Å². The molecule has 2 aromatic carbocycles. The number of anilines is 2. The third kappa shape index (κ3) is 5.99. The third-order valence-corrected chi connectivity index (χ3v) is 5.99. The summed E-state index contributed by atoms with van der Waals surface area (Å²) in [6.45, 7) is 13.5. The molecule has 1 fully saturated rings. The molecule has 1 aliphatic rings. The lowest BCUT2D eigenvalue weighted by Crippen LogP contribution is -2.44. The van der Waals surface area contributed by atoms with Gasteiger partial charge in [-0.15, -0.1) is 0 Å². The first-order chi connectivity index (χ1) is 13.5. The number of nitrogens with one attached hydrogen (secondary N) is 2. The number of nitrogens with two attached hydrogens (primary N) is 1. The fourth-order valence-corrected chi connectivity index (χ4v) is 4.20. The minimum Gasteiger partial charge on any atom is -0.382 e. The molecule has 3 heteroatoms. The summed E-state index contributed by atoms with van der Waals surface area (Å²) in [5.41, 5.74) is 11.9. The first-order valence-electron chi connectivity index (χ1n) is 11.0. The van der Waals surface area contributed by atoms with Crippen LogP contribution in [0.1, 0.15) is 71.9 Å². The highest BCUT2D eigenvalue weighted by molar-refractivity contribution is 5.48. The van der Waals surface area contributed by atoms with Gasteiger partial charge < -0.3 is 16.4 Å². The molecular weight excluding hydrogens is 354 g/mol. The van der Waals surface area contributed by atoms with Gasteiger partial charge in [0.1, 0.15) is 0 Å². The van der Waals surface area contributed by atoms with Crippen LogP contribution in [0.15, 0.2) is 48.5 Å². The van der Waals surface area contributed by atoms with E-state index in [1.165, 1.54) is 22.5 Å². The predicted molar refractivity (Wildman–Crippen MR) is 127 cm³/mol. The fraction of sp³-hybridized carbons (Fsp3) is 0.538. The normalized spacial score (nSPS) is 22.9. The standard InChI is InChI=1S/C26H39N3/c1-25(2,3)18-7-11-21(12-8-18)28-23-15-20(27)16-24(17-23)29-22-13-9-19(10-14-22)26(4,5)6/h7-14,20,23-24,28-29H,15-17,27H2,1-6H3/t20?,23-,24+. The summed E-state index contributed by atoms with van der Waals surface area (Å²) in [7, 11) is 0. The van der Waals surface area contributed by atoms with Crippen molar-refractivity contribution in [1.82, 2.24) is 0 Å². The van der Waals surface area contributed by atoms with Crippen molar-refractivity contribution in [3.05, 3.63) is 59.7 Å². The maximum Gasteiger partial charge on any atom is 0.0342 e. The topological polar surface area (TPSA) is 50.1 Å². The van der Waals surface area contributed by atoms with Crippen molar-refractivity contribution in [3.8, 4) is 0 Å². The molecule has 0 aromatic heterocycles. The van der Waals surface area contributed by atoms with Gasteiger partial charge in [0.05, 0.1) is 0 Å². The van der Waals surface area contributed by atoms with Crippen molar-refractivity contribution in [3.63, 3.8) is 0 Å². The number of hydrogen-bond acceptors (Lipinski definition) is 3. The maximum absolute atomic E-state index is 6.41. The van der Waals surface area contributed by atoms with Crippen molar-refractivity contribution < 1.29 is 0 Å². The zero-order valence-corrected chi connectivity index (χ0v) is 19.0. The van der Waals surface area contributed by atoms with Gasteiger partial charge in [-0.25, -0.2) is 0 Å². The Bertz CT molecular complexity index is 711. The Morgan fingerprint density at radius 2 is 0.966 bits per heavy atom. The molecule has 3 rings (SSSR count). The molecule has 0 radical (unpaired) electrons. The molecular formula is C26H39N3. The molecule has 0 bridgehead atoms. The van der Waals surface area contributed by atoms with E-state index < -0.39 is 0 Å². The average Bonchev–Trinajstić information content (AvgIpc) is 2.60. The summed E-state index contributed by atoms with van der Waals surface area (Å²) in [4.78, 5) is 0. The smallest absolute Gasteiger partial charge is 0.0342 e. The second-order valence-corrected chi connectivity index (χ2v) is 10.8. The average molecular weight is 394 g/mol. The minimum atomic E-state index is 0.184. The molecule has 0 heterocycles. The second-order valence-electron chi connectivity index (χ2n) is 10.8. The van der Waals surface area contributed by atoms with E-state index in [1.54, 1.807) is 0 Å². The van der Waals surface area contributed by atoms with Gasteiger partial charge in [0, 0.05) is 29.5 Å². The summed E-state index contributed by atoms with van der Waals surface area (Å²) in [6.07, 6.45) is 3.11. The van der Waals surface area contributed by atoms with E-state index in [-0.39, 0.29) is 16.9 Å². The van der Waals surface area contributed by atoms with Crippen LogP contribution in [0.3, 0.4) is 0 Å². The molecule has 2 aromatic rings. The van der Waals surface area contributed by atoms with E-state index in [1.807, 2.05) is 0 Å². The Hall–Kier alpha value is -2.00. The van der Waals surface area contributed by atoms with E-state index in [2.05, 4.69) is 101 Å². The molecule has 0 saturated heterocycles. The first-order valence-corrected chi connectivity index (χ1v) is 11.0. The minimum absolute atomic E-state index is 0.184. The monoisotopic (exact) mass is 393 g/mol. The Kier molecular flexibility index (Phi) is 6.28. The zero-order valence-electron chi connectivity index (χ0n) is 19.0. The molecule has 0 spiro atoms. The summed E-state index contributed by atoms with van der Waals surface area (Å²) in [5.74, 6) is 0. The fourth-order valence-electron chi connectivity index (χ4n) is 4.20. The molecule has 3 nitrogen and oxygen atoms in total. The first kappa shape index (κ1) is 21.7. The second kappa shape index (κ2) is 8.39. The largest absolute Gasteiger partial charge is 0.382 e. The van der Waals surface area contributed by atoms with Gasteiger partial charge in [-0.3, -0.25) is 0 Å². The van der Waals surface area contributed by atoms with Gasteiger partial charge >= 0.3 is 0 Å². The Morgan fingerprint density at radius 3 is 1.28 bits per heavy atom. The van der Waals surface area contributed by atoms with Crippen LogP contribution in [0.4, 0.5) is 11.4 Å². The van der Waals surface area contributed by atoms with Gasteiger partial charge in [-0.2, -0.15) is 0 Å². The highest BCUT2D eigenvalue weighted by Gasteiger charge is 2.27. The van der Waals surface area contributed by atoms with Gasteiger partial charge in [0.2, 0.25) is 0 Å². The molecule has 4 N–H and O–H groups in total. The molecule has 1 saturated carbocycles. The zero-order chi connectivity index (χ0) is 21.2. The van der Waals surface area contributed by atoms with E-state index in [4.69, 9.17) is 5.73 Å².